The summed E-state index contributed by atoms with van der Waals surface area (Å²) in [5, 5.41) is 0. The van der Waals surface area contributed by atoms with Crippen molar-refractivity contribution in [1.82, 2.24) is 9.88 Å². The second-order valence-electron chi connectivity index (χ2n) is 6.03. The van der Waals surface area contributed by atoms with Crippen LogP contribution in [0, 0.1) is 5.82 Å². The maximum absolute atomic E-state index is 13.3. The zero-order valence-electron chi connectivity index (χ0n) is 13.5. The lowest BCUT2D eigenvalue weighted by molar-refractivity contribution is -0.138. The summed E-state index contributed by atoms with van der Waals surface area (Å²) < 4.78 is 19.0. The Morgan fingerprint density at radius 1 is 1.29 bits per heavy atom. The highest BCUT2D eigenvalue weighted by Gasteiger charge is 2.24. The molecule has 0 unspecified atom stereocenters. The molecule has 0 spiro atoms. The van der Waals surface area contributed by atoms with Gasteiger partial charge in [0.1, 0.15) is 5.82 Å². The zero-order chi connectivity index (χ0) is 16.8. The maximum atomic E-state index is 13.3. The Balaban J connectivity index is 1.52. The molecule has 0 bridgehead atoms. The van der Waals surface area contributed by atoms with Crippen molar-refractivity contribution in [3.63, 3.8) is 0 Å². The van der Waals surface area contributed by atoms with Crippen molar-refractivity contribution < 1.29 is 13.9 Å². The minimum atomic E-state index is -0.243. The SMILES string of the molecule is O=C(CCc1cccnc1)N1CCO[C@H](Cc2cccc(F)c2)C1. The van der Waals surface area contributed by atoms with Crippen LogP contribution in [-0.2, 0) is 22.4 Å². The molecule has 1 amide bonds. The molecular weight excluding hydrogens is 307 g/mol. The Morgan fingerprint density at radius 2 is 2.17 bits per heavy atom. The molecule has 1 aliphatic rings. The van der Waals surface area contributed by atoms with E-state index in [2.05, 4.69) is 4.98 Å². The molecule has 0 radical (unpaired) electrons. The van der Waals surface area contributed by atoms with E-state index in [0.29, 0.717) is 39.0 Å². The van der Waals surface area contributed by atoms with Crippen molar-refractivity contribution in [3.8, 4) is 0 Å². The van der Waals surface area contributed by atoms with Gasteiger partial charge in [0.05, 0.1) is 12.7 Å². The first-order valence-corrected chi connectivity index (χ1v) is 8.23. The number of halogens is 1. The van der Waals surface area contributed by atoms with E-state index in [1.807, 2.05) is 23.1 Å². The minimum Gasteiger partial charge on any atom is -0.374 e. The molecule has 1 saturated heterocycles. The van der Waals surface area contributed by atoms with Gasteiger partial charge in [-0.25, -0.2) is 4.39 Å². The Hall–Kier alpha value is -2.27. The molecule has 2 aromatic rings. The van der Waals surface area contributed by atoms with Gasteiger partial charge in [-0.1, -0.05) is 18.2 Å². The molecule has 4 nitrogen and oxygen atoms in total. The number of amides is 1. The summed E-state index contributed by atoms with van der Waals surface area (Å²) in [6.07, 6.45) is 5.22. The summed E-state index contributed by atoms with van der Waals surface area (Å²) in [6, 6.07) is 10.4. The molecule has 1 aliphatic heterocycles. The normalized spacial score (nSPS) is 17.7. The molecule has 24 heavy (non-hydrogen) atoms. The second kappa shape index (κ2) is 8.02. The summed E-state index contributed by atoms with van der Waals surface area (Å²) in [5.41, 5.74) is 1.96. The molecule has 0 saturated carbocycles. The van der Waals surface area contributed by atoms with Gasteiger partial charge in [-0.2, -0.15) is 0 Å². The lowest BCUT2D eigenvalue weighted by atomic mass is 10.1. The summed E-state index contributed by atoms with van der Waals surface area (Å²) in [4.78, 5) is 18.3. The maximum Gasteiger partial charge on any atom is 0.223 e. The minimum absolute atomic E-state index is 0.0807. The van der Waals surface area contributed by atoms with Gasteiger partial charge in [0, 0.05) is 38.3 Å². The van der Waals surface area contributed by atoms with E-state index in [9.17, 15) is 9.18 Å². The highest BCUT2D eigenvalue weighted by atomic mass is 19.1. The van der Waals surface area contributed by atoms with E-state index in [-0.39, 0.29) is 17.8 Å². The van der Waals surface area contributed by atoms with Crippen LogP contribution in [0.4, 0.5) is 4.39 Å². The number of morpholine rings is 1. The van der Waals surface area contributed by atoms with E-state index < -0.39 is 0 Å². The molecule has 2 heterocycles. The number of aryl methyl sites for hydroxylation is 1. The first-order valence-electron chi connectivity index (χ1n) is 8.23. The van der Waals surface area contributed by atoms with Crippen LogP contribution in [0.2, 0.25) is 0 Å². The highest BCUT2D eigenvalue weighted by molar-refractivity contribution is 5.76. The number of nitrogens with zero attached hydrogens (tertiary/aromatic N) is 2. The molecule has 3 rings (SSSR count). The number of pyridine rings is 1. The van der Waals surface area contributed by atoms with Gasteiger partial charge in [-0.3, -0.25) is 9.78 Å². The lowest BCUT2D eigenvalue weighted by Gasteiger charge is -2.33. The predicted octanol–water partition coefficient (Wildman–Crippen LogP) is 2.62. The van der Waals surface area contributed by atoms with Crippen molar-refractivity contribution in [2.24, 2.45) is 0 Å². The van der Waals surface area contributed by atoms with Gasteiger partial charge in [-0.15, -0.1) is 0 Å². The van der Waals surface area contributed by atoms with Crippen LogP contribution in [0.25, 0.3) is 0 Å². The topological polar surface area (TPSA) is 42.4 Å². The lowest BCUT2D eigenvalue weighted by Crippen LogP contribution is -2.46. The van der Waals surface area contributed by atoms with E-state index in [1.165, 1.54) is 12.1 Å². The monoisotopic (exact) mass is 328 g/mol. The smallest absolute Gasteiger partial charge is 0.223 e. The van der Waals surface area contributed by atoms with Crippen LogP contribution in [0.1, 0.15) is 17.5 Å². The molecule has 5 heteroatoms. The fraction of sp³-hybridized carbons (Fsp3) is 0.368. The first-order chi connectivity index (χ1) is 11.7. The fourth-order valence-electron chi connectivity index (χ4n) is 2.95. The Morgan fingerprint density at radius 3 is 2.96 bits per heavy atom. The van der Waals surface area contributed by atoms with Gasteiger partial charge in [0.25, 0.3) is 0 Å². The van der Waals surface area contributed by atoms with Crippen molar-refractivity contribution in [2.45, 2.75) is 25.4 Å². The number of hydrogen-bond acceptors (Lipinski definition) is 3. The average Bonchev–Trinajstić information content (AvgIpc) is 2.61. The summed E-state index contributed by atoms with van der Waals surface area (Å²) in [7, 11) is 0. The number of ether oxygens (including phenoxy) is 1. The molecule has 1 fully saturated rings. The van der Waals surface area contributed by atoms with E-state index in [0.717, 1.165) is 11.1 Å². The number of hydrogen-bond donors (Lipinski definition) is 0. The van der Waals surface area contributed by atoms with Crippen molar-refractivity contribution >= 4 is 5.91 Å². The Labute approximate surface area is 141 Å². The van der Waals surface area contributed by atoms with Gasteiger partial charge >= 0.3 is 0 Å². The molecular formula is C19H21FN2O2. The fourth-order valence-corrected chi connectivity index (χ4v) is 2.95. The zero-order valence-corrected chi connectivity index (χ0v) is 13.5. The van der Waals surface area contributed by atoms with Gasteiger partial charge in [0.2, 0.25) is 5.91 Å². The molecule has 1 aromatic carbocycles. The van der Waals surface area contributed by atoms with E-state index >= 15 is 0 Å². The third-order valence-corrected chi connectivity index (χ3v) is 4.19. The molecule has 126 valence electrons. The van der Waals surface area contributed by atoms with Crippen molar-refractivity contribution in [2.75, 3.05) is 19.7 Å². The standard InChI is InChI=1S/C19H21FN2O2/c20-17-5-1-3-16(11-17)12-18-14-22(9-10-24-18)19(23)7-6-15-4-2-8-21-13-15/h1-5,8,11,13,18H,6-7,9-10,12,14H2/t18-/m1/s1. The number of rotatable bonds is 5. The van der Waals surface area contributed by atoms with Crippen LogP contribution in [0.5, 0.6) is 0 Å². The molecule has 0 N–H and O–H groups in total. The predicted molar refractivity (Wildman–Crippen MR) is 89.0 cm³/mol. The van der Waals surface area contributed by atoms with Gasteiger partial charge in [-0.05, 0) is 35.7 Å². The van der Waals surface area contributed by atoms with E-state index in [4.69, 9.17) is 4.74 Å². The molecule has 1 atom stereocenters. The van der Waals surface area contributed by atoms with Crippen LogP contribution in [-0.4, -0.2) is 41.6 Å². The van der Waals surface area contributed by atoms with Crippen LogP contribution in [0.3, 0.4) is 0 Å². The quantitative estimate of drug-likeness (QED) is 0.847. The average molecular weight is 328 g/mol. The first kappa shape index (κ1) is 16.6. The number of aromatic nitrogens is 1. The molecule has 0 aliphatic carbocycles. The highest BCUT2D eigenvalue weighted by Crippen LogP contribution is 2.14. The summed E-state index contributed by atoms with van der Waals surface area (Å²) in [5.74, 6) is -0.112. The van der Waals surface area contributed by atoms with Crippen molar-refractivity contribution in [3.05, 3.63) is 65.7 Å². The second-order valence-corrected chi connectivity index (χ2v) is 6.03. The van der Waals surface area contributed by atoms with Crippen LogP contribution in [0.15, 0.2) is 48.8 Å². The van der Waals surface area contributed by atoms with Crippen LogP contribution < -0.4 is 0 Å². The largest absolute Gasteiger partial charge is 0.374 e. The van der Waals surface area contributed by atoms with Crippen molar-refractivity contribution in [1.29, 1.82) is 0 Å². The van der Waals surface area contributed by atoms with Gasteiger partial charge < -0.3 is 9.64 Å². The van der Waals surface area contributed by atoms with E-state index in [1.54, 1.807) is 18.5 Å². The number of carbonyl (C=O) groups is 1. The third kappa shape index (κ3) is 4.61. The van der Waals surface area contributed by atoms with Crippen LogP contribution >= 0.6 is 0 Å². The Kier molecular flexibility index (Phi) is 5.54. The Bertz CT molecular complexity index is 678. The third-order valence-electron chi connectivity index (χ3n) is 4.19. The summed E-state index contributed by atoms with van der Waals surface area (Å²) >= 11 is 0. The summed E-state index contributed by atoms with van der Waals surface area (Å²) in [6.45, 7) is 1.70. The number of benzene rings is 1. The molecule has 1 aromatic heterocycles. The number of carbonyl (C=O) groups excluding carboxylic acids is 1. The van der Waals surface area contributed by atoms with Gasteiger partial charge in [0.15, 0.2) is 0 Å².